The lowest BCUT2D eigenvalue weighted by molar-refractivity contribution is -0.301. The van der Waals surface area contributed by atoms with Crippen LogP contribution in [0.4, 0.5) is 0 Å². The van der Waals surface area contributed by atoms with Crippen molar-refractivity contribution in [2.75, 3.05) is 13.2 Å². The van der Waals surface area contributed by atoms with Gasteiger partial charge in [0.15, 0.2) is 24.6 Å². The summed E-state index contributed by atoms with van der Waals surface area (Å²) in [5.74, 6) is -3.18. The summed E-state index contributed by atoms with van der Waals surface area (Å²) in [6.45, 7) is 5.80. The first-order chi connectivity index (χ1) is 36.6. The third-order valence-electron chi connectivity index (χ3n) is 12.9. The summed E-state index contributed by atoms with van der Waals surface area (Å²) < 4.78 is 28.4. The van der Waals surface area contributed by atoms with E-state index < -0.39 is 67.3 Å². The summed E-state index contributed by atoms with van der Waals surface area (Å²) in [5.41, 5.74) is 0. The monoisotopic (exact) mass is 1050 g/mol. The van der Waals surface area contributed by atoms with Gasteiger partial charge in [-0.2, -0.15) is 0 Å². The van der Waals surface area contributed by atoms with Crippen LogP contribution < -0.4 is 0 Å². The van der Waals surface area contributed by atoms with Crippen molar-refractivity contribution in [3.05, 3.63) is 85.1 Å². The third kappa shape index (κ3) is 40.8. The van der Waals surface area contributed by atoms with Gasteiger partial charge in [-0.05, 0) is 109 Å². The molecule has 1 rings (SSSR count). The summed E-state index contributed by atoms with van der Waals surface area (Å²) in [7, 11) is 0. The van der Waals surface area contributed by atoms with E-state index in [0.29, 0.717) is 19.3 Å². The van der Waals surface area contributed by atoms with Crippen LogP contribution >= 0.6 is 0 Å². The van der Waals surface area contributed by atoms with E-state index in [1.54, 1.807) is 0 Å². The van der Waals surface area contributed by atoms with Gasteiger partial charge in [-0.3, -0.25) is 14.4 Å². The number of hydrogen-bond acceptors (Lipinski definition) is 11. The van der Waals surface area contributed by atoms with Crippen LogP contribution in [0, 0.1) is 0 Å². The zero-order valence-electron chi connectivity index (χ0n) is 47.0. The van der Waals surface area contributed by atoms with Gasteiger partial charge >= 0.3 is 23.9 Å². The number of unbranched alkanes of at least 4 members (excludes halogenated alkanes) is 21. The van der Waals surface area contributed by atoms with E-state index in [1.807, 2.05) is 0 Å². The van der Waals surface area contributed by atoms with Crippen LogP contribution in [-0.4, -0.2) is 89.2 Å². The molecule has 1 heterocycles. The van der Waals surface area contributed by atoms with Crippen LogP contribution in [0.2, 0.25) is 0 Å². The molecule has 428 valence electrons. The largest absolute Gasteiger partial charge is 0.479 e. The molecule has 0 aliphatic carbocycles. The molecule has 0 aromatic heterocycles. The van der Waals surface area contributed by atoms with E-state index in [-0.39, 0.29) is 25.9 Å². The van der Waals surface area contributed by atoms with E-state index in [9.17, 15) is 34.5 Å². The van der Waals surface area contributed by atoms with Crippen molar-refractivity contribution in [3.63, 3.8) is 0 Å². The fraction of sp³-hybridized carbons (Fsp3) is 0.714. The van der Waals surface area contributed by atoms with Gasteiger partial charge in [0.05, 0.1) is 6.61 Å². The van der Waals surface area contributed by atoms with Crippen LogP contribution in [-0.2, 0) is 42.9 Å². The van der Waals surface area contributed by atoms with E-state index in [1.165, 1.54) is 25.7 Å². The number of carboxylic acid groups (broad SMARTS) is 1. The van der Waals surface area contributed by atoms with Crippen LogP contribution in [0.3, 0.4) is 0 Å². The first kappa shape index (κ1) is 68.9. The highest BCUT2D eigenvalue weighted by molar-refractivity contribution is 5.74. The average Bonchev–Trinajstić information content (AvgIpc) is 3.39. The van der Waals surface area contributed by atoms with E-state index in [4.69, 9.17) is 23.7 Å². The van der Waals surface area contributed by atoms with Crippen LogP contribution in [0.5, 0.6) is 0 Å². The van der Waals surface area contributed by atoms with Crippen LogP contribution in [0.25, 0.3) is 0 Å². The Hall–Kier alpha value is -4.10. The Morgan fingerprint density at radius 1 is 0.440 bits per heavy atom. The topological polar surface area (TPSA) is 175 Å². The number of aliphatic carboxylic acids is 1. The molecular weight excluding hydrogens is 949 g/mol. The molecule has 0 aromatic carbocycles. The van der Waals surface area contributed by atoms with E-state index in [0.717, 1.165) is 154 Å². The highest BCUT2D eigenvalue weighted by atomic mass is 16.7. The molecule has 1 aliphatic heterocycles. The standard InChI is InChI=1S/C63H104O12/c1-4-7-10-13-16-19-22-25-26-27-28-29-30-33-34-37-40-43-46-49-55(64)71-52-54(73-56(65)50-47-44-41-38-35-31-23-20-17-14-11-8-5-2)53-72-63-61(59(68)58(67)60(75-63)62(69)70)74-57(66)51-48-45-42-39-36-32-24-21-18-15-12-9-6-3/h11-12,14-16,19-21,23-26,28-29,54,58-61,63,67-68H,4-10,13,17-18,22,27,30-53H2,1-3H3,(H,69,70)/b14-11-,15-12-,19-16-,23-20-,24-21-,26-25-,29-28-. The summed E-state index contributed by atoms with van der Waals surface area (Å²) >= 11 is 0. The first-order valence-corrected chi connectivity index (χ1v) is 29.6. The number of ether oxygens (including phenoxy) is 5. The minimum atomic E-state index is -1.91. The van der Waals surface area contributed by atoms with Gasteiger partial charge in [-0.15, -0.1) is 0 Å². The van der Waals surface area contributed by atoms with Gasteiger partial charge in [-0.25, -0.2) is 4.79 Å². The molecule has 0 amide bonds. The number of carbonyl (C=O) groups is 4. The smallest absolute Gasteiger partial charge is 0.335 e. The fourth-order valence-corrected chi connectivity index (χ4v) is 8.33. The Balaban J connectivity index is 2.70. The van der Waals surface area contributed by atoms with Gasteiger partial charge in [0.25, 0.3) is 0 Å². The molecular formula is C63H104O12. The second-order valence-electron chi connectivity index (χ2n) is 19.9. The second-order valence-corrected chi connectivity index (χ2v) is 19.9. The molecule has 1 fully saturated rings. The molecule has 3 N–H and O–H groups in total. The highest BCUT2D eigenvalue weighted by Crippen LogP contribution is 2.26. The first-order valence-electron chi connectivity index (χ1n) is 29.6. The lowest BCUT2D eigenvalue weighted by Crippen LogP contribution is -2.61. The second kappa shape index (κ2) is 50.7. The maximum absolute atomic E-state index is 13.1. The summed E-state index contributed by atoms with van der Waals surface area (Å²) in [5, 5.41) is 31.4. The Labute approximate surface area is 454 Å². The molecule has 75 heavy (non-hydrogen) atoms. The quantitative estimate of drug-likeness (QED) is 0.0228. The predicted molar refractivity (Wildman–Crippen MR) is 303 cm³/mol. The van der Waals surface area contributed by atoms with E-state index in [2.05, 4.69) is 106 Å². The number of hydrogen-bond donors (Lipinski definition) is 3. The normalized spacial score (nSPS) is 18.8. The van der Waals surface area contributed by atoms with Crippen molar-refractivity contribution in [3.8, 4) is 0 Å². The third-order valence-corrected chi connectivity index (χ3v) is 12.9. The lowest BCUT2D eigenvalue weighted by Gasteiger charge is -2.40. The van der Waals surface area contributed by atoms with Crippen molar-refractivity contribution >= 4 is 23.9 Å². The molecule has 12 nitrogen and oxygen atoms in total. The number of carboxylic acids is 1. The zero-order chi connectivity index (χ0) is 54.7. The van der Waals surface area contributed by atoms with Gasteiger partial charge < -0.3 is 39.0 Å². The Bertz CT molecular complexity index is 1630. The molecule has 6 atom stereocenters. The molecule has 12 heteroatoms. The summed E-state index contributed by atoms with van der Waals surface area (Å²) in [4.78, 5) is 51.1. The van der Waals surface area contributed by atoms with Gasteiger partial charge in [0.1, 0.15) is 18.8 Å². The zero-order valence-corrected chi connectivity index (χ0v) is 47.0. The molecule has 6 unspecified atom stereocenters. The van der Waals surface area contributed by atoms with Crippen LogP contribution in [0.15, 0.2) is 85.1 Å². The van der Waals surface area contributed by atoms with Gasteiger partial charge in [0.2, 0.25) is 0 Å². The van der Waals surface area contributed by atoms with Crippen molar-refractivity contribution in [1.29, 1.82) is 0 Å². The molecule has 0 aromatic rings. The molecule has 0 saturated carbocycles. The fourth-order valence-electron chi connectivity index (χ4n) is 8.33. The molecule has 1 aliphatic rings. The maximum Gasteiger partial charge on any atom is 0.335 e. The van der Waals surface area contributed by atoms with Crippen molar-refractivity contribution in [2.24, 2.45) is 0 Å². The number of carbonyl (C=O) groups excluding carboxylic acids is 3. The number of rotatable bonds is 49. The highest BCUT2D eigenvalue weighted by Gasteiger charge is 2.50. The molecule has 0 radical (unpaired) electrons. The average molecular weight is 1050 g/mol. The molecule has 0 spiro atoms. The molecule has 1 saturated heterocycles. The van der Waals surface area contributed by atoms with Crippen molar-refractivity contribution in [1.82, 2.24) is 0 Å². The minimum absolute atomic E-state index is 0.0382. The number of esters is 3. The Morgan fingerprint density at radius 3 is 1.27 bits per heavy atom. The minimum Gasteiger partial charge on any atom is -0.479 e. The summed E-state index contributed by atoms with van der Waals surface area (Å²) in [6.07, 6.45) is 52.6. The molecule has 0 bridgehead atoms. The number of allylic oxidation sites excluding steroid dienone is 14. The van der Waals surface area contributed by atoms with Gasteiger partial charge in [0, 0.05) is 19.3 Å². The Kier molecular flexibility index (Phi) is 46.6. The van der Waals surface area contributed by atoms with Crippen LogP contribution in [0.1, 0.15) is 239 Å². The van der Waals surface area contributed by atoms with Gasteiger partial charge in [-0.1, -0.05) is 196 Å². The summed E-state index contributed by atoms with van der Waals surface area (Å²) in [6, 6.07) is 0. The number of aliphatic hydroxyl groups is 2. The van der Waals surface area contributed by atoms with Crippen molar-refractivity contribution < 1.29 is 58.2 Å². The SMILES string of the molecule is CCC/C=C\C/C=C\CCCCCCCC(=O)OC(COC(=O)CCCCCCCC/C=C\C/C=C\C/C=C\CCCCC)COC1OC(C(=O)O)C(O)C(O)C1OC(=O)CCCCCCC/C=C\C/C=C\CCC. The van der Waals surface area contributed by atoms with Crippen molar-refractivity contribution in [2.45, 2.75) is 276 Å². The van der Waals surface area contributed by atoms with E-state index >= 15 is 0 Å². The lowest BCUT2D eigenvalue weighted by atomic mass is 9.98. The predicted octanol–water partition coefficient (Wildman–Crippen LogP) is 15.1. The number of aliphatic hydroxyl groups excluding tert-OH is 2. The Morgan fingerprint density at radius 2 is 0.827 bits per heavy atom. The maximum atomic E-state index is 13.1.